The third kappa shape index (κ3) is 4.45. The molecule has 24 heavy (non-hydrogen) atoms. The van der Waals surface area contributed by atoms with Gasteiger partial charge in [0.05, 0.1) is 13.1 Å². The molecule has 2 N–H and O–H groups in total. The Morgan fingerprint density at radius 3 is 2.46 bits per heavy atom. The zero-order valence-electron chi connectivity index (χ0n) is 13.0. The Kier molecular flexibility index (Phi) is 6.56. The summed E-state index contributed by atoms with van der Waals surface area (Å²) in [5, 5.41) is 4.52. The van der Waals surface area contributed by atoms with Crippen LogP contribution in [0.2, 0.25) is 5.02 Å². The minimum absolute atomic E-state index is 0. The summed E-state index contributed by atoms with van der Waals surface area (Å²) in [5.74, 6) is 1.10. The van der Waals surface area contributed by atoms with Gasteiger partial charge in [-0.1, -0.05) is 16.8 Å². The fourth-order valence-electron chi connectivity index (χ4n) is 2.52. The molecule has 0 atom stereocenters. The second-order valence-electron chi connectivity index (χ2n) is 5.38. The van der Waals surface area contributed by atoms with Gasteiger partial charge in [-0.3, -0.25) is 9.69 Å². The average molecular weight is 372 g/mol. The molecule has 1 aromatic carbocycles. The molecule has 9 heteroatoms. The van der Waals surface area contributed by atoms with Crippen LogP contribution in [-0.2, 0) is 13.1 Å². The van der Waals surface area contributed by atoms with Crippen molar-refractivity contribution >= 4 is 29.9 Å². The number of amides is 1. The van der Waals surface area contributed by atoms with Crippen molar-refractivity contribution in [3.63, 3.8) is 0 Å². The van der Waals surface area contributed by atoms with Crippen molar-refractivity contribution < 1.29 is 9.32 Å². The first-order chi connectivity index (χ1) is 11.2. The molecule has 2 heterocycles. The highest BCUT2D eigenvalue weighted by Gasteiger charge is 2.23. The largest absolute Gasteiger partial charge is 0.338 e. The van der Waals surface area contributed by atoms with Crippen LogP contribution < -0.4 is 5.73 Å². The lowest BCUT2D eigenvalue weighted by molar-refractivity contribution is 0.0624. The molecule has 1 aliphatic rings. The molecule has 1 amide bonds. The predicted octanol–water partition coefficient (Wildman–Crippen LogP) is 1.56. The van der Waals surface area contributed by atoms with E-state index in [4.69, 9.17) is 21.9 Å². The number of benzene rings is 1. The van der Waals surface area contributed by atoms with Gasteiger partial charge in [0.15, 0.2) is 5.82 Å². The monoisotopic (exact) mass is 371 g/mol. The van der Waals surface area contributed by atoms with Crippen LogP contribution in [0.4, 0.5) is 0 Å². The van der Waals surface area contributed by atoms with Crippen molar-refractivity contribution in [2.24, 2.45) is 5.73 Å². The molecule has 0 radical (unpaired) electrons. The molecule has 0 saturated carbocycles. The predicted molar refractivity (Wildman–Crippen MR) is 92.1 cm³/mol. The van der Waals surface area contributed by atoms with Gasteiger partial charge in [-0.15, -0.1) is 12.4 Å². The number of aromatic nitrogens is 2. The van der Waals surface area contributed by atoms with E-state index in [0.717, 1.165) is 13.1 Å². The fourth-order valence-corrected chi connectivity index (χ4v) is 2.65. The van der Waals surface area contributed by atoms with Gasteiger partial charge >= 0.3 is 0 Å². The SMILES string of the molecule is Cl.NCc1nc(CN2CCN(C(=O)c3ccc(Cl)cc3)CC2)no1. The summed E-state index contributed by atoms with van der Waals surface area (Å²) >= 11 is 5.85. The van der Waals surface area contributed by atoms with Crippen molar-refractivity contribution in [3.05, 3.63) is 46.6 Å². The molecule has 7 nitrogen and oxygen atoms in total. The Labute approximate surface area is 151 Å². The van der Waals surface area contributed by atoms with Crippen molar-refractivity contribution in [2.75, 3.05) is 26.2 Å². The van der Waals surface area contributed by atoms with E-state index in [0.29, 0.717) is 41.9 Å². The van der Waals surface area contributed by atoms with Crippen LogP contribution in [0.15, 0.2) is 28.8 Å². The molecule has 1 saturated heterocycles. The Balaban J connectivity index is 0.00000208. The summed E-state index contributed by atoms with van der Waals surface area (Å²) in [5.41, 5.74) is 6.11. The molecule has 3 rings (SSSR count). The summed E-state index contributed by atoms with van der Waals surface area (Å²) in [7, 11) is 0. The highest BCUT2D eigenvalue weighted by atomic mass is 35.5. The summed E-state index contributed by atoms with van der Waals surface area (Å²) in [6.07, 6.45) is 0. The van der Waals surface area contributed by atoms with Crippen molar-refractivity contribution in [1.29, 1.82) is 0 Å². The lowest BCUT2D eigenvalue weighted by Gasteiger charge is -2.34. The van der Waals surface area contributed by atoms with E-state index in [9.17, 15) is 4.79 Å². The van der Waals surface area contributed by atoms with Gasteiger partial charge in [0.2, 0.25) is 5.89 Å². The quantitative estimate of drug-likeness (QED) is 0.876. The highest BCUT2D eigenvalue weighted by Crippen LogP contribution is 2.14. The van der Waals surface area contributed by atoms with Gasteiger partial charge in [0.25, 0.3) is 5.91 Å². The maximum absolute atomic E-state index is 12.4. The van der Waals surface area contributed by atoms with Crippen LogP contribution in [0.3, 0.4) is 0 Å². The van der Waals surface area contributed by atoms with Gasteiger partial charge in [-0.2, -0.15) is 4.98 Å². The van der Waals surface area contributed by atoms with E-state index in [-0.39, 0.29) is 24.9 Å². The van der Waals surface area contributed by atoms with Crippen LogP contribution in [-0.4, -0.2) is 52.0 Å². The van der Waals surface area contributed by atoms with Crippen LogP contribution in [0.25, 0.3) is 0 Å². The molecule has 130 valence electrons. The molecule has 1 fully saturated rings. The zero-order valence-corrected chi connectivity index (χ0v) is 14.6. The van der Waals surface area contributed by atoms with E-state index >= 15 is 0 Å². The highest BCUT2D eigenvalue weighted by molar-refractivity contribution is 6.30. The maximum atomic E-state index is 12.4. The second-order valence-corrected chi connectivity index (χ2v) is 5.82. The number of hydrogen-bond acceptors (Lipinski definition) is 6. The third-order valence-electron chi connectivity index (χ3n) is 3.80. The number of hydrogen-bond donors (Lipinski definition) is 1. The number of carbonyl (C=O) groups is 1. The van der Waals surface area contributed by atoms with Crippen LogP contribution in [0, 0.1) is 0 Å². The van der Waals surface area contributed by atoms with Gasteiger partial charge in [0, 0.05) is 36.8 Å². The summed E-state index contributed by atoms with van der Waals surface area (Å²) in [6, 6.07) is 6.97. The van der Waals surface area contributed by atoms with E-state index in [1.165, 1.54) is 0 Å². The molecular formula is C15H19Cl2N5O2. The lowest BCUT2D eigenvalue weighted by Crippen LogP contribution is -2.48. The van der Waals surface area contributed by atoms with Crippen molar-refractivity contribution in [2.45, 2.75) is 13.1 Å². The lowest BCUT2D eigenvalue weighted by atomic mass is 10.2. The van der Waals surface area contributed by atoms with Crippen LogP contribution in [0.1, 0.15) is 22.1 Å². The first-order valence-electron chi connectivity index (χ1n) is 7.44. The molecule has 1 aliphatic heterocycles. The number of rotatable bonds is 4. The fraction of sp³-hybridized carbons (Fsp3) is 0.400. The second kappa shape index (κ2) is 8.43. The van der Waals surface area contributed by atoms with Crippen molar-refractivity contribution in [1.82, 2.24) is 19.9 Å². The maximum Gasteiger partial charge on any atom is 0.253 e. The summed E-state index contributed by atoms with van der Waals surface area (Å²) in [4.78, 5) is 20.7. The number of halogens is 2. The third-order valence-corrected chi connectivity index (χ3v) is 4.05. The van der Waals surface area contributed by atoms with Crippen LogP contribution >= 0.6 is 24.0 Å². The Hall–Kier alpha value is -1.67. The van der Waals surface area contributed by atoms with Gasteiger partial charge < -0.3 is 15.2 Å². The molecule has 2 aromatic rings. The molecule has 0 unspecified atom stereocenters. The first kappa shape index (κ1) is 18.7. The molecule has 0 aliphatic carbocycles. The zero-order chi connectivity index (χ0) is 16.2. The number of carbonyl (C=O) groups excluding carboxylic acids is 1. The minimum atomic E-state index is 0. The number of piperazine rings is 1. The first-order valence-corrected chi connectivity index (χ1v) is 7.82. The molecule has 0 spiro atoms. The smallest absolute Gasteiger partial charge is 0.253 e. The Morgan fingerprint density at radius 1 is 1.21 bits per heavy atom. The summed E-state index contributed by atoms with van der Waals surface area (Å²) < 4.78 is 4.99. The van der Waals surface area contributed by atoms with Gasteiger partial charge in [-0.05, 0) is 24.3 Å². The molecule has 1 aromatic heterocycles. The van der Waals surface area contributed by atoms with E-state index in [1.807, 2.05) is 4.90 Å². The normalized spacial score (nSPS) is 15.2. The van der Waals surface area contributed by atoms with E-state index < -0.39 is 0 Å². The summed E-state index contributed by atoms with van der Waals surface area (Å²) in [6.45, 7) is 3.73. The topological polar surface area (TPSA) is 88.5 Å². The number of nitrogens with two attached hydrogens (primary N) is 1. The standard InChI is InChI=1S/C15H18ClN5O2.ClH/c16-12-3-1-11(2-4-12)15(22)21-7-5-20(6-8-21)10-13-18-14(9-17)23-19-13;/h1-4H,5-10,17H2;1H. The van der Waals surface area contributed by atoms with E-state index in [2.05, 4.69) is 15.0 Å². The average Bonchev–Trinajstić information content (AvgIpc) is 3.03. The molecular weight excluding hydrogens is 353 g/mol. The van der Waals surface area contributed by atoms with E-state index in [1.54, 1.807) is 24.3 Å². The van der Waals surface area contributed by atoms with Gasteiger partial charge in [-0.25, -0.2) is 0 Å². The number of nitrogens with zero attached hydrogens (tertiary/aromatic N) is 4. The minimum Gasteiger partial charge on any atom is -0.338 e. The molecule has 0 bridgehead atoms. The van der Waals surface area contributed by atoms with Gasteiger partial charge in [0.1, 0.15) is 0 Å². The van der Waals surface area contributed by atoms with Crippen LogP contribution in [0.5, 0.6) is 0 Å². The Morgan fingerprint density at radius 2 is 1.88 bits per heavy atom. The van der Waals surface area contributed by atoms with Crippen molar-refractivity contribution in [3.8, 4) is 0 Å². The Bertz CT molecular complexity index is 669.